The molecule has 0 radical (unpaired) electrons. The Labute approximate surface area is 124 Å². The lowest BCUT2D eigenvalue weighted by molar-refractivity contribution is -0.117. The maximum absolute atomic E-state index is 12.1. The Hall–Kier alpha value is -2.27. The van der Waals surface area contributed by atoms with Crippen LogP contribution in [0.2, 0.25) is 0 Å². The number of benzene rings is 1. The van der Waals surface area contributed by atoms with Gasteiger partial charge in [0, 0.05) is 43.4 Å². The number of anilines is 1. The zero-order valence-corrected chi connectivity index (χ0v) is 12.0. The van der Waals surface area contributed by atoms with Crippen molar-refractivity contribution in [3.8, 4) is 0 Å². The van der Waals surface area contributed by atoms with Crippen molar-refractivity contribution in [3.63, 3.8) is 0 Å². The van der Waals surface area contributed by atoms with E-state index in [1.54, 1.807) is 18.6 Å². The van der Waals surface area contributed by atoms with Crippen LogP contribution in [0, 0.1) is 0 Å². The molecule has 1 aliphatic rings. The molecule has 1 N–H and O–H groups in total. The number of para-hydroxylation sites is 1. The fourth-order valence-corrected chi connectivity index (χ4v) is 2.59. The molecule has 1 aliphatic heterocycles. The summed E-state index contributed by atoms with van der Waals surface area (Å²) in [6, 6.07) is 8.09. The monoisotopic (exact) mass is 282 g/mol. The predicted octanol–water partition coefficient (Wildman–Crippen LogP) is 1.72. The molecule has 5 heteroatoms. The number of fused-ring (bicyclic) bond motifs is 1. The minimum Gasteiger partial charge on any atom is -0.311 e. The number of hydrogen-bond donors (Lipinski definition) is 1. The van der Waals surface area contributed by atoms with E-state index in [-0.39, 0.29) is 11.9 Å². The Kier molecular flexibility index (Phi) is 3.92. The van der Waals surface area contributed by atoms with Crippen LogP contribution in [0.5, 0.6) is 0 Å². The van der Waals surface area contributed by atoms with Gasteiger partial charge >= 0.3 is 0 Å². The van der Waals surface area contributed by atoms with Gasteiger partial charge in [0.15, 0.2) is 0 Å². The third-order valence-electron chi connectivity index (χ3n) is 3.74. The second-order valence-electron chi connectivity index (χ2n) is 5.16. The number of carbonyl (C=O) groups excluding carboxylic acids is 1. The van der Waals surface area contributed by atoms with Gasteiger partial charge in [-0.2, -0.15) is 0 Å². The molecule has 1 unspecified atom stereocenters. The molecule has 1 amide bonds. The first-order valence-corrected chi connectivity index (χ1v) is 7.13. The summed E-state index contributed by atoms with van der Waals surface area (Å²) in [5, 5.41) is 3.38. The largest absolute Gasteiger partial charge is 0.311 e. The van der Waals surface area contributed by atoms with Crippen LogP contribution >= 0.6 is 0 Å². The molecule has 21 heavy (non-hydrogen) atoms. The predicted molar refractivity (Wildman–Crippen MR) is 80.9 cm³/mol. The highest BCUT2D eigenvalue weighted by molar-refractivity contribution is 6.01. The SMILES string of the molecule is CC(NCCN1C(=O)Cc2ccccc21)c1cnccn1. The van der Waals surface area contributed by atoms with Gasteiger partial charge in [0.05, 0.1) is 12.1 Å². The molecule has 2 heterocycles. The lowest BCUT2D eigenvalue weighted by Crippen LogP contribution is -2.35. The number of nitrogens with zero attached hydrogens (tertiary/aromatic N) is 3. The smallest absolute Gasteiger partial charge is 0.231 e. The number of aromatic nitrogens is 2. The van der Waals surface area contributed by atoms with Crippen molar-refractivity contribution in [1.82, 2.24) is 15.3 Å². The van der Waals surface area contributed by atoms with Crippen LogP contribution in [0.25, 0.3) is 0 Å². The van der Waals surface area contributed by atoms with Crippen LogP contribution in [0.4, 0.5) is 5.69 Å². The van der Waals surface area contributed by atoms with Gasteiger partial charge in [0.1, 0.15) is 0 Å². The molecule has 0 bridgehead atoms. The minimum absolute atomic E-state index is 0.117. The van der Waals surface area contributed by atoms with Crippen molar-refractivity contribution >= 4 is 11.6 Å². The van der Waals surface area contributed by atoms with Crippen molar-refractivity contribution in [2.75, 3.05) is 18.0 Å². The molecule has 0 aliphatic carbocycles. The summed E-state index contributed by atoms with van der Waals surface area (Å²) in [4.78, 5) is 22.2. The number of carbonyl (C=O) groups is 1. The molecule has 0 fully saturated rings. The summed E-state index contributed by atoms with van der Waals surface area (Å²) in [6.07, 6.45) is 5.62. The van der Waals surface area contributed by atoms with Crippen molar-refractivity contribution in [1.29, 1.82) is 0 Å². The molecule has 5 nitrogen and oxygen atoms in total. The highest BCUT2D eigenvalue weighted by atomic mass is 16.2. The molecule has 1 aromatic carbocycles. The summed E-state index contributed by atoms with van der Waals surface area (Å²) >= 11 is 0. The Bertz CT molecular complexity index is 629. The molecule has 1 aromatic heterocycles. The summed E-state index contributed by atoms with van der Waals surface area (Å²) in [6.45, 7) is 3.43. The number of nitrogens with one attached hydrogen (secondary N) is 1. The molecular weight excluding hydrogens is 264 g/mol. The van der Waals surface area contributed by atoms with E-state index in [1.807, 2.05) is 36.1 Å². The van der Waals surface area contributed by atoms with Gasteiger partial charge in [0.2, 0.25) is 5.91 Å². The van der Waals surface area contributed by atoms with E-state index in [2.05, 4.69) is 15.3 Å². The molecular formula is C16H18N4O. The maximum atomic E-state index is 12.1. The fourth-order valence-electron chi connectivity index (χ4n) is 2.59. The lowest BCUT2D eigenvalue weighted by Gasteiger charge is -2.19. The third-order valence-corrected chi connectivity index (χ3v) is 3.74. The normalized spacial score (nSPS) is 15.1. The average Bonchev–Trinajstić information content (AvgIpc) is 2.84. The quantitative estimate of drug-likeness (QED) is 0.907. The number of rotatable bonds is 5. The van der Waals surface area contributed by atoms with Crippen molar-refractivity contribution in [2.24, 2.45) is 0 Å². The Morgan fingerprint density at radius 2 is 2.19 bits per heavy atom. The van der Waals surface area contributed by atoms with Gasteiger partial charge < -0.3 is 10.2 Å². The maximum Gasteiger partial charge on any atom is 0.231 e. The lowest BCUT2D eigenvalue weighted by atomic mass is 10.2. The Morgan fingerprint density at radius 3 is 3.00 bits per heavy atom. The molecule has 3 rings (SSSR count). The van der Waals surface area contributed by atoms with E-state index in [9.17, 15) is 4.79 Å². The Morgan fingerprint density at radius 1 is 1.33 bits per heavy atom. The zero-order valence-electron chi connectivity index (χ0n) is 12.0. The van der Waals surface area contributed by atoms with Crippen molar-refractivity contribution in [3.05, 3.63) is 54.1 Å². The van der Waals surface area contributed by atoms with E-state index in [4.69, 9.17) is 0 Å². The van der Waals surface area contributed by atoms with E-state index >= 15 is 0 Å². The molecule has 108 valence electrons. The van der Waals surface area contributed by atoms with Gasteiger partial charge in [-0.15, -0.1) is 0 Å². The number of hydrogen-bond acceptors (Lipinski definition) is 4. The minimum atomic E-state index is 0.117. The van der Waals surface area contributed by atoms with Crippen LogP contribution < -0.4 is 10.2 Å². The zero-order chi connectivity index (χ0) is 14.7. The van der Waals surface area contributed by atoms with E-state index in [0.717, 1.165) is 23.5 Å². The second kappa shape index (κ2) is 6.01. The van der Waals surface area contributed by atoms with Crippen LogP contribution in [0.1, 0.15) is 24.2 Å². The summed E-state index contributed by atoms with van der Waals surface area (Å²) in [5.41, 5.74) is 3.06. The topological polar surface area (TPSA) is 58.1 Å². The van der Waals surface area contributed by atoms with Gasteiger partial charge in [0.25, 0.3) is 0 Å². The van der Waals surface area contributed by atoms with Gasteiger partial charge in [-0.1, -0.05) is 18.2 Å². The standard InChI is InChI=1S/C16H18N4O/c1-12(14-11-17-6-7-19-14)18-8-9-20-15-5-3-2-4-13(15)10-16(20)21/h2-7,11-12,18H,8-10H2,1H3. The Balaban J connectivity index is 1.58. The molecule has 0 spiro atoms. The van der Waals surface area contributed by atoms with Crippen LogP contribution in [-0.4, -0.2) is 29.0 Å². The first kappa shape index (κ1) is 13.7. The first-order chi connectivity index (χ1) is 10.3. The van der Waals surface area contributed by atoms with Gasteiger partial charge in [-0.3, -0.25) is 14.8 Å². The van der Waals surface area contributed by atoms with Crippen molar-refractivity contribution < 1.29 is 4.79 Å². The molecule has 0 saturated carbocycles. The van der Waals surface area contributed by atoms with E-state index < -0.39 is 0 Å². The first-order valence-electron chi connectivity index (χ1n) is 7.13. The number of amides is 1. The molecule has 1 atom stereocenters. The van der Waals surface area contributed by atoms with Crippen LogP contribution in [0.3, 0.4) is 0 Å². The molecule has 2 aromatic rings. The van der Waals surface area contributed by atoms with E-state index in [0.29, 0.717) is 13.0 Å². The van der Waals surface area contributed by atoms with Gasteiger partial charge in [-0.25, -0.2) is 0 Å². The van der Waals surface area contributed by atoms with E-state index in [1.165, 1.54) is 0 Å². The van der Waals surface area contributed by atoms with Gasteiger partial charge in [-0.05, 0) is 18.6 Å². The van der Waals surface area contributed by atoms with Crippen LogP contribution in [-0.2, 0) is 11.2 Å². The third kappa shape index (κ3) is 2.92. The highest BCUT2D eigenvalue weighted by Crippen LogP contribution is 2.27. The highest BCUT2D eigenvalue weighted by Gasteiger charge is 2.26. The second-order valence-corrected chi connectivity index (χ2v) is 5.16. The summed E-state index contributed by atoms with van der Waals surface area (Å²) in [7, 11) is 0. The summed E-state index contributed by atoms with van der Waals surface area (Å²) < 4.78 is 0. The fraction of sp³-hybridized carbons (Fsp3) is 0.312. The van der Waals surface area contributed by atoms with Crippen LogP contribution in [0.15, 0.2) is 42.9 Å². The van der Waals surface area contributed by atoms with Crippen molar-refractivity contribution in [2.45, 2.75) is 19.4 Å². The molecule has 0 saturated heterocycles. The summed E-state index contributed by atoms with van der Waals surface area (Å²) in [5.74, 6) is 0.171. The average molecular weight is 282 g/mol.